The second kappa shape index (κ2) is 6.05. The summed E-state index contributed by atoms with van der Waals surface area (Å²) in [6.45, 7) is 6.62. The Bertz CT molecular complexity index is 361. The molecule has 88 valence electrons. The van der Waals surface area contributed by atoms with Crippen LogP contribution in [0.25, 0.3) is 0 Å². The number of hydrogen-bond acceptors (Lipinski definition) is 3. The van der Waals surface area contributed by atoms with E-state index in [4.69, 9.17) is 9.47 Å². The van der Waals surface area contributed by atoms with Gasteiger partial charge in [-0.1, -0.05) is 12.6 Å². The third-order valence-electron chi connectivity index (χ3n) is 2.29. The largest absolute Gasteiger partial charge is 0.493 e. The molecule has 0 radical (unpaired) electrons. The summed E-state index contributed by atoms with van der Waals surface area (Å²) in [6.07, 6.45) is 0.938. The number of hydrogen-bond donors (Lipinski definition) is 1. The fourth-order valence-corrected chi connectivity index (χ4v) is 1.46. The van der Waals surface area contributed by atoms with E-state index in [1.807, 2.05) is 25.1 Å². The Kier molecular flexibility index (Phi) is 4.70. The second-order valence-corrected chi connectivity index (χ2v) is 3.65. The number of ether oxygens (including phenoxy) is 2. The smallest absolute Gasteiger partial charge is 0.160 e. The Labute approximate surface area is 97.1 Å². The van der Waals surface area contributed by atoms with Crippen molar-refractivity contribution in [2.75, 3.05) is 20.8 Å². The SMILES string of the molecule is C=C(C)NCCc1ccc(OC)c(OC)c1. The van der Waals surface area contributed by atoms with Gasteiger partial charge in [0.2, 0.25) is 0 Å². The quantitative estimate of drug-likeness (QED) is 0.800. The molecule has 0 aromatic heterocycles. The van der Waals surface area contributed by atoms with Crippen molar-refractivity contribution >= 4 is 0 Å². The van der Waals surface area contributed by atoms with Gasteiger partial charge in [0.25, 0.3) is 0 Å². The lowest BCUT2D eigenvalue weighted by atomic mass is 10.1. The second-order valence-electron chi connectivity index (χ2n) is 3.65. The highest BCUT2D eigenvalue weighted by Gasteiger charge is 2.03. The van der Waals surface area contributed by atoms with Crippen molar-refractivity contribution in [1.82, 2.24) is 5.32 Å². The first kappa shape index (κ1) is 12.4. The highest BCUT2D eigenvalue weighted by Crippen LogP contribution is 2.27. The van der Waals surface area contributed by atoms with Gasteiger partial charge < -0.3 is 14.8 Å². The van der Waals surface area contributed by atoms with Gasteiger partial charge in [-0.3, -0.25) is 0 Å². The summed E-state index contributed by atoms with van der Waals surface area (Å²) in [5, 5.41) is 3.19. The molecule has 0 unspecified atom stereocenters. The van der Waals surface area contributed by atoms with E-state index in [9.17, 15) is 0 Å². The van der Waals surface area contributed by atoms with Crippen LogP contribution < -0.4 is 14.8 Å². The van der Waals surface area contributed by atoms with E-state index in [1.165, 1.54) is 5.56 Å². The zero-order valence-corrected chi connectivity index (χ0v) is 10.2. The van der Waals surface area contributed by atoms with Gasteiger partial charge in [0.05, 0.1) is 14.2 Å². The normalized spacial score (nSPS) is 9.69. The van der Waals surface area contributed by atoms with Gasteiger partial charge in [-0.05, 0) is 31.0 Å². The van der Waals surface area contributed by atoms with Crippen LogP contribution in [0, 0.1) is 0 Å². The minimum absolute atomic E-state index is 0.763. The molecule has 0 aliphatic heterocycles. The molecule has 0 spiro atoms. The van der Waals surface area contributed by atoms with E-state index in [1.54, 1.807) is 14.2 Å². The minimum Gasteiger partial charge on any atom is -0.493 e. The first-order chi connectivity index (χ1) is 7.67. The Hall–Kier alpha value is -1.64. The highest BCUT2D eigenvalue weighted by molar-refractivity contribution is 5.42. The Morgan fingerprint density at radius 1 is 1.25 bits per heavy atom. The predicted octanol–water partition coefficient (Wildman–Crippen LogP) is 2.37. The Balaban J connectivity index is 2.64. The summed E-state index contributed by atoms with van der Waals surface area (Å²) in [4.78, 5) is 0. The van der Waals surface area contributed by atoms with Crippen molar-refractivity contribution < 1.29 is 9.47 Å². The van der Waals surface area contributed by atoms with Crippen LogP contribution in [-0.2, 0) is 6.42 Å². The molecule has 0 atom stereocenters. The molecule has 0 aliphatic rings. The summed E-state index contributed by atoms with van der Waals surface area (Å²) in [5.41, 5.74) is 2.20. The number of allylic oxidation sites excluding steroid dienone is 1. The fraction of sp³-hybridized carbons (Fsp3) is 0.385. The van der Waals surface area contributed by atoms with Crippen molar-refractivity contribution in [2.24, 2.45) is 0 Å². The summed E-state index contributed by atoms with van der Waals surface area (Å²) in [6, 6.07) is 5.97. The first-order valence-corrected chi connectivity index (χ1v) is 5.27. The average Bonchev–Trinajstić information content (AvgIpc) is 2.28. The van der Waals surface area contributed by atoms with Crippen molar-refractivity contribution in [3.05, 3.63) is 36.0 Å². The summed E-state index contributed by atoms with van der Waals surface area (Å²) >= 11 is 0. The molecule has 3 heteroatoms. The van der Waals surface area contributed by atoms with Crippen LogP contribution in [0.3, 0.4) is 0 Å². The maximum absolute atomic E-state index is 5.24. The van der Waals surface area contributed by atoms with Crippen LogP contribution in [0.1, 0.15) is 12.5 Å². The molecule has 0 bridgehead atoms. The van der Waals surface area contributed by atoms with Gasteiger partial charge in [-0.25, -0.2) is 0 Å². The van der Waals surface area contributed by atoms with E-state index in [2.05, 4.69) is 11.9 Å². The molecule has 0 aliphatic carbocycles. The van der Waals surface area contributed by atoms with Crippen LogP contribution in [0.5, 0.6) is 11.5 Å². The van der Waals surface area contributed by atoms with E-state index in [0.29, 0.717) is 0 Å². The van der Waals surface area contributed by atoms with Crippen LogP contribution in [0.15, 0.2) is 30.5 Å². The lowest BCUT2D eigenvalue weighted by molar-refractivity contribution is 0.354. The Morgan fingerprint density at radius 2 is 1.94 bits per heavy atom. The van der Waals surface area contributed by atoms with Gasteiger partial charge in [0.1, 0.15) is 0 Å². The van der Waals surface area contributed by atoms with E-state index < -0.39 is 0 Å². The van der Waals surface area contributed by atoms with Gasteiger partial charge in [-0.15, -0.1) is 0 Å². The first-order valence-electron chi connectivity index (χ1n) is 5.27. The number of rotatable bonds is 6. The zero-order chi connectivity index (χ0) is 12.0. The molecular formula is C13H19NO2. The van der Waals surface area contributed by atoms with Crippen LogP contribution in [0.2, 0.25) is 0 Å². The monoisotopic (exact) mass is 221 g/mol. The van der Waals surface area contributed by atoms with Crippen molar-refractivity contribution in [1.29, 1.82) is 0 Å². The summed E-state index contributed by atoms with van der Waals surface area (Å²) in [7, 11) is 3.29. The molecule has 0 heterocycles. The van der Waals surface area contributed by atoms with Gasteiger partial charge >= 0.3 is 0 Å². The number of methoxy groups -OCH3 is 2. The molecule has 16 heavy (non-hydrogen) atoms. The molecule has 0 saturated carbocycles. The van der Waals surface area contributed by atoms with Crippen LogP contribution in [0.4, 0.5) is 0 Å². The van der Waals surface area contributed by atoms with E-state index in [0.717, 1.165) is 30.2 Å². The molecule has 0 amide bonds. The predicted molar refractivity (Wildman–Crippen MR) is 66.1 cm³/mol. The van der Waals surface area contributed by atoms with Crippen LogP contribution in [-0.4, -0.2) is 20.8 Å². The standard InChI is InChI=1S/C13H19NO2/c1-10(2)14-8-7-11-5-6-12(15-3)13(9-11)16-4/h5-6,9,14H,1,7-8H2,2-4H3. The van der Waals surface area contributed by atoms with E-state index in [-0.39, 0.29) is 0 Å². The topological polar surface area (TPSA) is 30.5 Å². The third kappa shape index (κ3) is 3.50. The number of nitrogens with one attached hydrogen (secondary N) is 1. The molecule has 1 rings (SSSR count). The molecule has 0 saturated heterocycles. The molecule has 1 aromatic carbocycles. The molecule has 1 N–H and O–H groups in total. The lowest BCUT2D eigenvalue weighted by Crippen LogP contribution is -2.13. The highest BCUT2D eigenvalue weighted by atomic mass is 16.5. The van der Waals surface area contributed by atoms with Crippen LogP contribution >= 0.6 is 0 Å². The average molecular weight is 221 g/mol. The van der Waals surface area contributed by atoms with Crippen molar-refractivity contribution in [3.63, 3.8) is 0 Å². The fourth-order valence-electron chi connectivity index (χ4n) is 1.46. The molecular weight excluding hydrogens is 202 g/mol. The molecule has 3 nitrogen and oxygen atoms in total. The maximum Gasteiger partial charge on any atom is 0.160 e. The molecule has 0 fully saturated rings. The summed E-state index contributed by atoms with van der Waals surface area (Å²) in [5.74, 6) is 1.54. The van der Waals surface area contributed by atoms with Crippen molar-refractivity contribution in [2.45, 2.75) is 13.3 Å². The molecule has 1 aromatic rings. The van der Waals surface area contributed by atoms with E-state index >= 15 is 0 Å². The van der Waals surface area contributed by atoms with Gasteiger partial charge in [-0.2, -0.15) is 0 Å². The zero-order valence-electron chi connectivity index (χ0n) is 10.2. The van der Waals surface area contributed by atoms with Gasteiger partial charge in [0, 0.05) is 12.2 Å². The lowest BCUT2D eigenvalue weighted by Gasteiger charge is -2.10. The summed E-state index contributed by atoms with van der Waals surface area (Å²) < 4.78 is 10.4. The Morgan fingerprint density at radius 3 is 2.50 bits per heavy atom. The minimum atomic E-state index is 0.763. The van der Waals surface area contributed by atoms with Gasteiger partial charge in [0.15, 0.2) is 11.5 Å². The maximum atomic E-state index is 5.24. The number of benzene rings is 1. The van der Waals surface area contributed by atoms with Crippen molar-refractivity contribution in [3.8, 4) is 11.5 Å². The third-order valence-corrected chi connectivity index (χ3v) is 2.29.